The third-order valence-corrected chi connectivity index (χ3v) is 6.83. The highest BCUT2D eigenvalue weighted by molar-refractivity contribution is 8.16. The smallest absolute Gasteiger partial charge is 0.339 e. The maximum atomic E-state index is 13.3. The second-order valence-corrected chi connectivity index (χ2v) is 9.80. The molecule has 12 heteroatoms. The first kappa shape index (κ1) is 32.5. The second-order valence-electron chi connectivity index (χ2n) is 8.84. The number of carbonyl (C=O) groups is 1. The SMILES string of the molecule is C=CCOc1cc([C@@H](CCC)NC(=O)C2(C)CSC(/C(C)=N/OCCOCCOCCOCC)=N2)oc(=O)c1. The van der Waals surface area contributed by atoms with Crippen LogP contribution in [0.3, 0.4) is 0 Å². The molecule has 1 aromatic rings. The minimum absolute atomic E-state index is 0.252. The normalized spacial score (nSPS) is 17.9. The molecule has 218 valence electrons. The molecule has 0 fully saturated rings. The molecule has 2 rings (SSSR count). The molecule has 1 N–H and O–H groups in total. The van der Waals surface area contributed by atoms with Gasteiger partial charge in [0.05, 0.1) is 45.1 Å². The Bertz CT molecular complexity index is 1030. The van der Waals surface area contributed by atoms with Gasteiger partial charge < -0.3 is 33.5 Å². The van der Waals surface area contributed by atoms with Crippen LogP contribution < -0.4 is 15.7 Å². The molecule has 0 radical (unpaired) electrons. The molecule has 1 aliphatic rings. The summed E-state index contributed by atoms with van der Waals surface area (Å²) in [4.78, 5) is 35.4. The highest BCUT2D eigenvalue weighted by Crippen LogP contribution is 2.30. The van der Waals surface area contributed by atoms with Crippen LogP contribution in [0.15, 0.2) is 44.1 Å². The number of carbonyl (C=O) groups excluding carboxylic acids is 1. The van der Waals surface area contributed by atoms with Crippen LogP contribution in [0.5, 0.6) is 5.75 Å². The summed E-state index contributed by atoms with van der Waals surface area (Å²) < 4.78 is 26.9. The van der Waals surface area contributed by atoms with Crippen LogP contribution in [0.4, 0.5) is 0 Å². The van der Waals surface area contributed by atoms with Crippen molar-refractivity contribution in [2.75, 3.05) is 58.6 Å². The van der Waals surface area contributed by atoms with Crippen molar-refractivity contribution in [3.8, 4) is 5.75 Å². The number of rotatable bonds is 20. The second kappa shape index (κ2) is 17.8. The lowest BCUT2D eigenvalue weighted by Crippen LogP contribution is -2.45. The molecule has 1 aromatic heterocycles. The molecule has 2 atom stereocenters. The standard InChI is InChI=1S/C27H41N3O8S/c1-6-9-22(23-17-21(36-10-7-2)18-24(31)38-23)28-26(32)27(5)19-39-25(29-27)20(4)30-37-16-15-35-14-13-34-12-11-33-8-3/h7,17-18,22H,2,6,8-16,19H2,1,3-5H3,(H,28,32)/b30-20+/t22-,27?/m1/s1. The molecule has 1 amide bonds. The maximum Gasteiger partial charge on any atom is 0.339 e. The van der Waals surface area contributed by atoms with Gasteiger partial charge in [-0.1, -0.05) is 31.2 Å². The highest BCUT2D eigenvalue weighted by Gasteiger charge is 2.40. The summed E-state index contributed by atoms with van der Waals surface area (Å²) in [5, 5.41) is 7.75. The average Bonchev–Trinajstić information content (AvgIpc) is 3.33. The molecule has 11 nitrogen and oxygen atoms in total. The van der Waals surface area contributed by atoms with E-state index in [4.69, 9.17) is 28.2 Å². The topological polar surface area (TPSA) is 130 Å². The van der Waals surface area contributed by atoms with Gasteiger partial charge in [0.25, 0.3) is 0 Å². The summed E-state index contributed by atoms with van der Waals surface area (Å²) in [6, 6.07) is 2.38. The van der Waals surface area contributed by atoms with Gasteiger partial charge in [-0.3, -0.25) is 9.79 Å². The van der Waals surface area contributed by atoms with Gasteiger partial charge in [0.15, 0.2) is 0 Å². The first-order valence-corrected chi connectivity index (χ1v) is 14.1. The van der Waals surface area contributed by atoms with Gasteiger partial charge in [0.2, 0.25) is 5.91 Å². The van der Waals surface area contributed by atoms with Gasteiger partial charge in [-0.25, -0.2) is 4.79 Å². The molecule has 0 bridgehead atoms. The van der Waals surface area contributed by atoms with Crippen molar-refractivity contribution in [1.82, 2.24) is 5.32 Å². The van der Waals surface area contributed by atoms with Crippen molar-refractivity contribution >= 4 is 28.4 Å². The highest BCUT2D eigenvalue weighted by atomic mass is 32.2. The Morgan fingerprint density at radius 3 is 2.56 bits per heavy atom. The number of ether oxygens (including phenoxy) is 4. The fraction of sp³-hybridized carbons (Fsp3) is 0.630. The van der Waals surface area contributed by atoms with Gasteiger partial charge in [-0.05, 0) is 27.2 Å². The number of hydrogen-bond donors (Lipinski definition) is 1. The van der Waals surface area contributed by atoms with E-state index in [2.05, 4.69) is 22.0 Å². The van der Waals surface area contributed by atoms with Crippen molar-refractivity contribution in [2.45, 2.75) is 52.1 Å². The fourth-order valence-corrected chi connectivity index (χ4v) is 4.56. The van der Waals surface area contributed by atoms with Crippen molar-refractivity contribution in [1.29, 1.82) is 0 Å². The lowest BCUT2D eigenvalue weighted by molar-refractivity contribution is -0.125. The van der Waals surface area contributed by atoms with Crippen LogP contribution in [-0.4, -0.2) is 80.8 Å². The van der Waals surface area contributed by atoms with Gasteiger partial charge in [-0.2, -0.15) is 0 Å². The summed E-state index contributed by atoms with van der Waals surface area (Å²) in [6.45, 7) is 14.7. The Labute approximate surface area is 234 Å². The number of oxime groups is 1. The summed E-state index contributed by atoms with van der Waals surface area (Å²) in [5.74, 6) is 0.871. The molecule has 0 aliphatic carbocycles. The fourth-order valence-electron chi connectivity index (χ4n) is 3.43. The zero-order valence-corrected chi connectivity index (χ0v) is 24.2. The predicted octanol–water partition coefficient (Wildman–Crippen LogP) is 3.53. The zero-order valence-electron chi connectivity index (χ0n) is 23.4. The lowest BCUT2D eigenvalue weighted by Gasteiger charge is -2.24. The Kier molecular flexibility index (Phi) is 14.9. The van der Waals surface area contributed by atoms with Gasteiger partial charge in [0, 0.05) is 18.4 Å². The van der Waals surface area contributed by atoms with Gasteiger partial charge in [-0.15, -0.1) is 11.8 Å². The van der Waals surface area contributed by atoms with Crippen molar-refractivity contribution in [3.63, 3.8) is 0 Å². The van der Waals surface area contributed by atoms with E-state index in [0.717, 1.165) is 6.42 Å². The molecule has 0 saturated carbocycles. The van der Waals surface area contributed by atoms with Crippen molar-refractivity contribution < 1.29 is 33.0 Å². The molecule has 2 heterocycles. The first-order valence-electron chi connectivity index (χ1n) is 13.2. The number of aliphatic imine (C=N–C) groups is 1. The zero-order chi connectivity index (χ0) is 28.5. The van der Waals surface area contributed by atoms with Crippen molar-refractivity contribution in [2.24, 2.45) is 10.1 Å². The summed E-state index contributed by atoms with van der Waals surface area (Å²) in [6.07, 6.45) is 2.93. The van der Waals surface area contributed by atoms with E-state index in [1.165, 1.54) is 17.8 Å². The lowest BCUT2D eigenvalue weighted by atomic mass is 10.0. The van der Waals surface area contributed by atoms with E-state index >= 15 is 0 Å². The van der Waals surface area contributed by atoms with Crippen LogP contribution in [-0.2, 0) is 23.8 Å². The molecular weight excluding hydrogens is 526 g/mol. The van der Waals surface area contributed by atoms with Crippen LogP contribution in [0.1, 0.15) is 52.3 Å². The Morgan fingerprint density at radius 2 is 1.90 bits per heavy atom. The van der Waals surface area contributed by atoms with Crippen molar-refractivity contribution in [3.05, 3.63) is 41.0 Å². The Balaban J connectivity index is 1.88. The number of hydrogen-bond acceptors (Lipinski definition) is 11. The molecule has 0 aromatic carbocycles. The van der Waals surface area contributed by atoms with E-state index < -0.39 is 17.2 Å². The average molecular weight is 568 g/mol. The predicted molar refractivity (Wildman–Crippen MR) is 152 cm³/mol. The van der Waals surface area contributed by atoms with E-state index in [1.54, 1.807) is 26.0 Å². The molecule has 1 unspecified atom stereocenters. The van der Waals surface area contributed by atoms with E-state index in [-0.39, 0.29) is 19.1 Å². The van der Waals surface area contributed by atoms with Gasteiger partial charge in [0.1, 0.15) is 41.0 Å². The maximum absolute atomic E-state index is 13.3. The molecule has 1 aliphatic heterocycles. The quantitative estimate of drug-likeness (QED) is 0.109. The van der Waals surface area contributed by atoms with Crippen LogP contribution >= 0.6 is 11.8 Å². The molecule has 0 spiro atoms. The first-order chi connectivity index (χ1) is 18.8. The monoisotopic (exact) mass is 567 g/mol. The van der Waals surface area contributed by atoms with Gasteiger partial charge >= 0.3 is 5.63 Å². The molecular formula is C27H41N3O8S. The summed E-state index contributed by atoms with van der Waals surface area (Å²) >= 11 is 1.44. The minimum atomic E-state index is -1.01. The van der Waals surface area contributed by atoms with Crippen LogP contribution in [0, 0.1) is 0 Å². The number of amides is 1. The number of nitrogens with one attached hydrogen (secondary N) is 1. The minimum Gasteiger partial charge on any atom is -0.489 e. The Hall–Kier alpha value is -2.67. The van der Waals surface area contributed by atoms with E-state index in [1.807, 2.05) is 13.8 Å². The molecule has 39 heavy (non-hydrogen) atoms. The largest absolute Gasteiger partial charge is 0.489 e. The number of nitrogens with zero attached hydrogens (tertiary/aromatic N) is 2. The molecule has 0 saturated heterocycles. The van der Waals surface area contributed by atoms with Crippen LogP contribution in [0.2, 0.25) is 0 Å². The number of thioether (sulfide) groups is 1. The van der Waals surface area contributed by atoms with E-state index in [9.17, 15) is 9.59 Å². The van der Waals surface area contributed by atoms with Crippen LogP contribution in [0.25, 0.3) is 0 Å². The summed E-state index contributed by atoms with van der Waals surface area (Å²) in [5.41, 5.74) is -0.974. The Morgan fingerprint density at radius 1 is 1.21 bits per heavy atom. The third-order valence-electron chi connectivity index (χ3n) is 5.46. The summed E-state index contributed by atoms with van der Waals surface area (Å²) in [7, 11) is 0. The third kappa shape index (κ3) is 11.5. The van der Waals surface area contributed by atoms with E-state index in [0.29, 0.717) is 74.1 Å².